The van der Waals surface area contributed by atoms with Gasteiger partial charge in [-0.3, -0.25) is 57.6 Å². The maximum absolute atomic E-state index is 15.3. The fraction of sp³-hybridized carbons (Fsp3) is 0.814. The molecule has 4 heterocycles. The van der Waals surface area contributed by atoms with Gasteiger partial charge in [-0.05, 0) is 87.4 Å². The first-order valence-electron chi connectivity index (χ1n) is 34.1. The number of fused-ring (bicyclic) bond motifs is 2. The number of ether oxygens (including phenoxy) is 1. The maximum atomic E-state index is 15.3. The number of Topliss-reactive ketones (excluding diaryl/α,β-unsaturated/α-hetero) is 3. The van der Waals surface area contributed by atoms with Gasteiger partial charge >= 0.3 is 0 Å². The van der Waals surface area contributed by atoms with E-state index >= 15 is 33.6 Å². The highest BCUT2D eigenvalue weighted by atomic mass is 16.5. The Labute approximate surface area is 552 Å². The van der Waals surface area contributed by atoms with Crippen LogP contribution in [0.15, 0.2) is 12.2 Å². The molecular formula is C70H121N9O13. The molecule has 0 aliphatic carbocycles. The summed E-state index contributed by atoms with van der Waals surface area (Å²) in [6.07, 6.45) is 3.36. The van der Waals surface area contributed by atoms with Gasteiger partial charge in [0.05, 0.1) is 30.4 Å². The molecule has 22 heteroatoms. The average molecular weight is 1300 g/mol. The second-order valence-corrected chi connectivity index (χ2v) is 29.6. The van der Waals surface area contributed by atoms with Crippen molar-refractivity contribution in [2.24, 2.45) is 59.2 Å². The molecule has 8 amide bonds. The first-order chi connectivity index (χ1) is 42.7. The highest BCUT2D eigenvalue weighted by molar-refractivity contribution is 6.00. The lowest BCUT2D eigenvalue weighted by atomic mass is 9.83. The average Bonchev–Trinajstić information content (AvgIpc) is 0.848. The Bertz CT molecular complexity index is 2580. The largest absolute Gasteiger partial charge is 0.390 e. The molecule has 0 spiro atoms. The van der Waals surface area contributed by atoms with Crippen LogP contribution in [0.5, 0.6) is 0 Å². The molecule has 0 aromatic rings. The van der Waals surface area contributed by atoms with E-state index in [0.717, 1.165) is 11.3 Å². The topological polar surface area (TPSA) is 255 Å². The lowest BCUT2D eigenvalue weighted by Crippen LogP contribution is -2.63. The number of piperidine rings is 1. The number of aliphatic hydroxyl groups excluding tert-OH is 1. The van der Waals surface area contributed by atoms with Crippen LogP contribution in [-0.2, 0) is 57.5 Å². The predicted octanol–water partition coefficient (Wildman–Crippen LogP) is 5.99. The monoisotopic (exact) mass is 1300 g/mol. The number of likely N-dealkylation sites (N-methyl/N-ethyl adjacent to an activating group) is 7. The van der Waals surface area contributed by atoms with E-state index in [9.17, 15) is 24.3 Å². The summed E-state index contributed by atoms with van der Waals surface area (Å²) in [5.41, 5.74) is 0. The van der Waals surface area contributed by atoms with Gasteiger partial charge in [-0.1, -0.05) is 116 Å². The number of hydrogen-bond donors (Lipinski definition) is 2. The Balaban J connectivity index is 2.33. The number of hydrogen-bond acceptors (Lipinski definition) is 14. The molecule has 22 nitrogen and oxygen atoms in total. The number of aliphatic hydroxyl groups is 1. The summed E-state index contributed by atoms with van der Waals surface area (Å²) < 4.78 is 5.92. The number of carbonyl (C=O) groups excluding carboxylic acids is 11. The Morgan fingerprint density at radius 2 is 0.967 bits per heavy atom. The fourth-order valence-electron chi connectivity index (χ4n) is 13.7. The van der Waals surface area contributed by atoms with Crippen LogP contribution >= 0.6 is 0 Å². The molecule has 524 valence electrons. The molecule has 0 aromatic heterocycles. The quantitative estimate of drug-likeness (QED) is 0.168. The molecule has 2 bridgehead atoms. The minimum absolute atomic E-state index is 0.0239. The summed E-state index contributed by atoms with van der Waals surface area (Å²) in [6, 6.07) is -9.63. The van der Waals surface area contributed by atoms with Crippen molar-refractivity contribution in [3.05, 3.63) is 12.2 Å². The number of nitrogens with one attached hydrogen (secondary N) is 1. The van der Waals surface area contributed by atoms with Crippen molar-refractivity contribution in [2.45, 2.75) is 242 Å². The number of rotatable bonds is 16. The van der Waals surface area contributed by atoms with Crippen molar-refractivity contribution >= 4 is 64.6 Å². The summed E-state index contributed by atoms with van der Waals surface area (Å²) in [7, 11) is 10.3. The number of morpholine rings is 1. The molecule has 4 saturated heterocycles. The summed E-state index contributed by atoms with van der Waals surface area (Å²) >= 11 is 0. The minimum Gasteiger partial charge on any atom is -0.390 e. The Morgan fingerprint density at radius 1 is 0.511 bits per heavy atom. The van der Waals surface area contributed by atoms with Gasteiger partial charge in [0.1, 0.15) is 42.0 Å². The molecule has 4 fully saturated rings. The molecule has 2 N–H and O–H groups in total. The van der Waals surface area contributed by atoms with Crippen molar-refractivity contribution in [1.82, 2.24) is 44.5 Å². The van der Waals surface area contributed by atoms with Gasteiger partial charge in [0.25, 0.3) is 0 Å². The van der Waals surface area contributed by atoms with Gasteiger partial charge in [0, 0.05) is 112 Å². The van der Waals surface area contributed by atoms with Crippen molar-refractivity contribution < 1.29 is 62.6 Å². The van der Waals surface area contributed by atoms with Gasteiger partial charge in [0.2, 0.25) is 47.3 Å². The zero-order valence-corrected chi connectivity index (χ0v) is 60.7. The number of ketones is 3. The zero-order valence-electron chi connectivity index (χ0n) is 60.7. The van der Waals surface area contributed by atoms with Crippen LogP contribution in [0.2, 0.25) is 0 Å². The van der Waals surface area contributed by atoms with E-state index in [1.807, 2.05) is 75.3 Å². The summed E-state index contributed by atoms with van der Waals surface area (Å²) in [4.78, 5) is 175. The third-order valence-corrected chi connectivity index (χ3v) is 19.7. The van der Waals surface area contributed by atoms with Crippen LogP contribution < -0.4 is 5.32 Å². The molecule has 0 saturated carbocycles. The van der Waals surface area contributed by atoms with E-state index in [2.05, 4.69) is 10.2 Å². The lowest BCUT2D eigenvalue weighted by molar-refractivity contribution is -0.183. The van der Waals surface area contributed by atoms with E-state index in [4.69, 9.17) is 4.74 Å². The first kappa shape index (κ1) is 80.6. The third-order valence-electron chi connectivity index (χ3n) is 19.7. The predicted molar refractivity (Wildman–Crippen MR) is 356 cm³/mol. The van der Waals surface area contributed by atoms with Crippen molar-refractivity contribution in [3.63, 3.8) is 0 Å². The number of nitrogens with zero attached hydrogens (tertiary/aromatic N) is 8. The van der Waals surface area contributed by atoms with Crippen LogP contribution in [0, 0.1) is 59.2 Å². The molecule has 0 radical (unpaired) electrons. The highest BCUT2D eigenvalue weighted by Gasteiger charge is 2.47. The summed E-state index contributed by atoms with van der Waals surface area (Å²) in [5.74, 6) is -11.1. The first-order valence-corrected chi connectivity index (χ1v) is 34.1. The number of amides is 8. The van der Waals surface area contributed by atoms with Gasteiger partial charge < -0.3 is 49.5 Å². The second kappa shape index (κ2) is 35.8. The number of allylic oxidation sites excluding steroid dienone is 2. The van der Waals surface area contributed by atoms with Crippen molar-refractivity contribution in [1.29, 1.82) is 0 Å². The maximum Gasteiger partial charge on any atom is 0.246 e. The van der Waals surface area contributed by atoms with Crippen LogP contribution in [0.25, 0.3) is 0 Å². The van der Waals surface area contributed by atoms with Crippen LogP contribution in [0.3, 0.4) is 0 Å². The van der Waals surface area contributed by atoms with E-state index in [1.54, 1.807) is 54.7 Å². The van der Waals surface area contributed by atoms with Crippen molar-refractivity contribution in [3.8, 4) is 0 Å². The Kier molecular flexibility index (Phi) is 31.3. The van der Waals surface area contributed by atoms with Crippen LogP contribution in [-0.4, -0.2) is 245 Å². The smallest absolute Gasteiger partial charge is 0.246 e. The SMILES string of the molecule is C/C=C/C[C@@H](C)[C@@H](O)[C@H]1C(=O)N[C@@H](CC)C(=O)N(C)[C@H](C)C(=O)N(C)[C@@H]([C@H](C)CN2CC3CC(C2)O3)C(=O)C[C@@H](C(C)C)C(=O)N(C)[C@@H](CC(C)C)C(=O)C[C@@H](C)C(=O)C[C@H](C)C(=O)N(C)[C@@H](CC(C)C)C(=O)N(C)[C@@H](CC(C)C)C(=O)N(C)[C@@H](C(C)C)C(=O)N1C. The van der Waals surface area contributed by atoms with Crippen LogP contribution in [0.1, 0.15) is 175 Å². The highest BCUT2D eigenvalue weighted by Crippen LogP contribution is 2.32. The standard InChI is InChI=1S/C70H121N9O13/c1-25-27-28-44(13)62(83)61-63(84)71-52(26-2)67(88)72(18)48(17)65(86)77(23)60(47(16)36-79-37-49-34-50(38-79)92-49)58(82)35-51(42(9)10)66(87)73(19)53(29-39(3)4)57(81)32-45(14)56(80)33-46(15)64(85)74(20)54(30-40(5)6)68(89)75(21)55(31-41(7)8)69(90)76(22)59(43(11)12)70(91)78(61)24/h25,27,39-55,59-62,83H,26,28-38H2,1-24H3,(H,71,84)/b27-25+/t44-,45-,46+,47-,48-,49?,50?,51+,52+,53+,54+,55+,59+,60+,61+,62-/m1/s1. The molecule has 16 atom stereocenters. The molecule has 0 aromatic carbocycles. The number of carbonyl (C=O) groups is 11. The lowest BCUT2D eigenvalue weighted by Gasteiger charge is -2.48. The molecular weight excluding hydrogens is 1170 g/mol. The normalized spacial score (nSPS) is 30.3. The van der Waals surface area contributed by atoms with E-state index in [-0.39, 0.29) is 86.5 Å². The molecule has 2 unspecified atom stereocenters. The van der Waals surface area contributed by atoms with Gasteiger partial charge in [-0.15, -0.1) is 0 Å². The minimum atomic E-state index is -1.61. The van der Waals surface area contributed by atoms with Crippen molar-refractivity contribution in [2.75, 3.05) is 69.0 Å². The molecule has 4 aliphatic heterocycles. The van der Waals surface area contributed by atoms with E-state index < -0.39 is 149 Å². The fourth-order valence-corrected chi connectivity index (χ4v) is 13.7. The summed E-state index contributed by atoms with van der Waals surface area (Å²) in [5, 5.41) is 15.0. The van der Waals surface area contributed by atoms with E-state index in [0.29, 0.717) is 26.1 Å². The molecule has 92 heavy (non-hydrogen) atoms. The van der Waals surface area contributed by atoms with Gasteiger partial charge in [-0.2, -0.15) is 0 Å². The molecule has 4 rings (SSSR count). The third kappa shape index (κ3) is 20.7. The summed E-state index contributed by atoms with van der Waals surface area (Å²) in [6.45, 7) is 32.1. The van der Waals surface area contributed by atoms with Gasteiger partial charge in [-0.25, -0.2) is 0 Å². The molecule has 4 aliphatic rings. The van der Waals surface area contributed by atoms with Crippen LogP contribution in [0.4, 0.5) is 0 Å². The zero-order chi connectivity index (χ0) is 70.4. The van der Waals surface area contributed by atoms with Gasteiger partial charge in [0.15, 0.2) is 11.6 Å². The van der Waals surface area contributed by atoms with E-state index in [1.165, 1.54) is 78.6 Å². The Morgan fingerprint density at radius 3 is 1.45 bits per heavy atom. The Hall–Kier alpha value is -5.61. The second-order valence-electron chi connectivity index (χ2n) is 29.6.